The molecule has 7 nitrogen and oxygen atoms in total. The summed E-state index contributed by atoms with van der Waals surface area (Å²) in [6, 6.07) is 4.18. The highest BCUT2D eigenvalue weighted by Crippen LogP contribution is 2.20. The number of hydrogen-bond acceptors (Lipinski definition) is 5. The van der Waals surface area contributed by atoms with Crippen LogP contribution >= 0.6 is 0 Å². The fraction of sp³-hybridized carbons (Fsp3) is 0.571. The summed E-state index contributed by atoms with van der Waals surface area (Å²) in [5.41, 5.74) is 0.390. The van der Waals surface area contributed by atoms with Crippen molar-refractivity contribution < 1.29 is 16.8 Å². The van der Waals surface area contributed by atoms with Gasteiger partial charge in [0, 0.05) is 12.1 Å². The first-order valence-corrected chi connectivity index (χ1v) is 10.4. The Morgan fingerprint density at radius 3 is 2.43 bits per heavy atom. The minimum absolute atomic E-state index is 0.0782. The van der Waals surface area contributed by atoms with Gasteiger partial charge in [-0.2, -0.15) is 0 Å². The minimum Gasteiger partial charge on any atom is -0.314 e. The SMILES string of the molecule is CNS(=O)(=O)c1ccc(S(=O)(=O)NC2CCNC(C)C2)cc1C. The van der Waals surface area contributed by atoms with Gasteiger partial charge in [-0.1, -0.05) is 0 Å². The maximum Gasteiger partial charge on any atom is 0.240 e. The molecular formula is C14H23N3O4S2. The smallest absolute Gasteiger partial charge is 0.240 e. The molecule has 9 heteroatoms. The van der Waals surface area contributed by atoms with Gasteiger partial charge in [0.2, 0.25) is 20.0 Å². The van der Waals surface area contributed by atoms with Crippen molar-refractivity contribution in [3.05, 3.63) is 23.8 Å². The molecule has 2 rings (SSSR count). The van der Waals surface area contributed by atoms with E-state index in [2.05, 4.69) is 14.8 Å². The lowest BCUT2D eigenvalue weighted by molar-refractivity contribution is 0.361. The molecule has 0 bridgehead atoms. The third-order valence-corrected chi connectivity index (χ3v) is 7.05. The Hall–Kier alpha value is -1.00. The molecule has 0 spiro atoms. The Kier molecular flexibility index (Phi) is 5.47. The van der Waals surface area contributed by atoms with Gasteiger partial charge >= 0.3 is 0 Å². The largest absolute Gasteiger partial charge is 0.314 e. The summed E-state index contributed by atoms with van der Waals surface area (Å²) in [5.74, 6) is 0. The van der Waals surface area contributed by atoms with Crippen LogP contribution in [0.4, 0.5) is 0 Å². The highest BCUT2D eigenvalue weighted by atomic mass is 32.2. The normalized spacial score (nSPS) is 22.9. The zero-order valence-electron chi connectivity index (χ0n) is 13.5. The molecule has 0 radical (unpaired) electrons. The van der Waals surface area contributed by atoms with E-state index in [0.717, 1.165) is 19.4 Å². The molecule has 0 amide bonds. The van der Waals surface area contributed by atoms with Gasteiger partial charge in [-0.3, -0.25) is 0 Å². The van der Waals surface area contributed by atoms with Crippen LogP contribution in [0.1, 0.15) is 25.3 Å². The Balaban J connectivity index is 2.25. The third kappa shape index (κ3) is 4.30. The van der Waals surface area contributed by atoms with Crippen molar-refractivity contribution in [1.29, 1.82) is 0 Å². The molecule has 2 unspecified atom stereocenters. The maximum absolute atomic E-state index is 12.5. The van der Waals surface area contributed by atoms with Crippen molar-refractivity contribution >= 4 is 20.0 Å². The van der Waals surface area contributed by atoms with Gasteiger partial charge in [0.15, 0.2) is 0 Å². The van der Waals surface area contributed by atoms with E-state index in [0.29, 0.717) is 5.56 Å². The zero-order valence-corrected chi connectivity index (χ0v) is 15.1. The first-order valence-electron chi connectivity index (χ1n) is 7.45. The average molecular weight is 361 g/mol. The first-order chi connectivity index (χ1) is 10.7. The molecule has 1 aliphatic rings. The quantitative estimate of drug-likeness (QED) is 0.701. The maximum atomic E-state index is 12.5. The van der Waals surface area contributed by atoms with Gasteiger partial charge in [-0.25, -0.2) is 26.3 Å². The van der Waals surface area contributed by atoms with Crippen LogP contribution in [-0.4, -0.2) is 42.5 Å². The highest BCUT2D eigenvalue weighted by Gasteiger charge is 2.25. The Morgan fingerprint density at radius 1 is 1.17 bits per heavy atom. The summed E-state index contributed by atoms with van der Waals surface area (Å²) in [6.07, 6.45) is 1.46. The fourth-order valence-corrected chi connectivity index (χ4v) is 5.04. The molecule has 23 heavy (non-hydrogen) atoms. The Bertz CT molecular complexity index is 775. The van der Waals surface area contributed by atoms with Crippen LogP contribution in [0, 0.1) is 6.92 Å². The molecule has 3 N–H and O–H groups in total. The van der Waals surface area contributed by atoms with E-state index in [9.17, 15) is 16.8 Å². The van der Waals surface area contributed by atoms with Gasteiger partial charge in [0.25, 0.3) is 0 Å². The average Bonchev–Trinajstić information content (AvgIpc) is 2.46. The van der Waals surface area contributed by atoms with Gasteiger partial charge < -0.3 is 5.32 Å². The number of sulfonamides is 2. The van der Waals surface area contributed by atoms with Crippen molar-refractivity contribution in [1.82, 2.24) is 14.8 Å². The number of hydrogen-bond donors (Lipinski definition) is 3. The zero-order chi connectivity index (χ0) is 17.3. The topological polar surface area (TPSA) is 104 Å². The van der Waals surface area contributed by atoms with Crippen LogP contribution < -0.4 is 14.8 Å². The number of piperidine rings is 1. The van der Waals surface area contributed by atoms with E-state index >= 15 is 0 Å². The molecule has 1 aliphatic heterocycles. The van der Waals surface area contributed by atoms with Gasteiger partial charge in [-0.15, -0.1) is 0 Å². The van der Waals surface area contributed by atoms with E-state index < -0.39 is 20.0 Å². The summed E-state index contributed by atoms with van der Waals surface area (Å²) in [7, 11) is -5.95. The van der Waals surface area contributed by atoms with E-state index in [1.165, 1.54) is 25.2 Å². The molecule has 0 aromatic heterocycles. The third-order valence-electron chi connectivity index (χ3n) is 3.96. The summed E-state index contributed by atoms with van der Waals surface area (Å²) in [5, 5.41) is 3.27. The second-order valence-electron chi connectivity index (χ2n) is 5.83. The van der Waals surface area contributed by atoms with Gasteiger partial charge in [-0.05, 0) is 64.0 Å². The van der Waals surface area contributed by atoms with Crippen molar-refractivity contribution in [2.45, 2.75) is 48.6 Å². The van der Waals surface area contributed by atoms with Crippen molar-refractivity contribution in [3.8, 4) is 0 Å². The molecule has 2 atom stereocenters. The number of benzene rings is 1. The lowest BCUT2D eigenvalue weighted by Crippen LogP contribution is -2.46. The lowest BCUT2D eigenvalue weighted by Gasteiger charge is -2.28. The van der Waals surface area contributed by atoms with E-state index in [-0.39, 0.29) is 21.9 Å². The molecule has 130 valence electrons. The molecule has 1 saturated heterocycles. The van der Waals surface area contributed by atoms with Crippen LogP contribution in [0.5, 0.6) is 0 Å². The summed E-state index contributed by atoms with van der Waals surface area (Å²) < 4.78 is 53.6. The first kappa shape index (κ1) is 18.3. The van der Waals surface area contributed by atoms with E-state index in [4.69, 9.17) is 0 Å². The Morgan fingerprint density at radius 2 is 1.87 bits per heavy atom. The second kappa shape index (κ2) is 6.86. The Labute approximate surface area is 138 Å². The molecule has 1 fully saturated rings. The monoisotopic (exact) mass is 361 g/mol. The molecule has 0 saturated carbocycles. The predicted octanol–water partition coefficient (Wildman–Crippen LogP) is 0.322. The van der Waals surface area contributed by atoms with Gasteiger partial charge in [0.05, 0.1) is 9.79 Å². The van der Waals surface area contributed by atoms with E-state index in [1.807, 2.05) is 6.92 Å². The van der Waals surface area contributed by atoms with Crippen molar-refractivity contribution in [3.63, 3.8) is 0 Å². The molecule has 0 aliphatic carbocycles. The number of nitrogens with one attached hydrogen (secondary N) is 3. The van der Waals surface area contributed by atoms with Crippen molar-refractivity contribution in [2.75, 3.05) is 13.6 Å². The molecule has 1 aromatic carbocycles. The molecule has 1 aromatic rings. The minimum atomic E-state index is -3.67. The van der Waals surface area contributed by atoms with Crippen molar-refractivity contribution in [2.24, 2.45) is 0 Å². The summed E-state index contributed by atoms with van der Waals surface area (Å²) in [6.45, 7) is 4.37. The van der Waals surface area contributed by atoms with Crippen LogP contribution in [0.15, 0.2) is 28.0 Å². The summed E-state index contributed by atoms with van der Waals surface area (Å²) in [4.78, 5) is 0.158. The van der Waals surface area contributed by atoms with Crippen LogP contribution in [0.3, 0.4) is 0 Å². The standard InChI is InChI=1S/C14H23N3O4S2/c1-10-8-13(4-5-14(10)23(20,21)15-3)22(18,19)17-12-6-7-16-11(2)9-12/h4-5,8,11-12,15-17H,6-7,9H2,1-3H3. The van der Waals surface area contributed by atoms with Gasteiger partial charge in [0.1, 0.15) is 0 Å². The number of rotatable bonds is 5. The lowest BCUT2D eigenvalue weighted by atomic mass is 10.0. The summed E-state index contributed by atoms with van der Waals surface area (Å²) >= 11 is 0. The fourth-order valence-electron chi connectivity index (χ4n) is 2.73. The second-order valence-corrected chi connectivity index (χ2v) is 9.40. The van der Waals surface area contributed by atoms with Crippen LogP contribution in [-0.2, 0) is 20.0 Å². The van der Waals surface area contributed by atoms with E-state index in [1.54, 1.807) is 6.92 Å². The van der Waals surface area contributed by atoms with Crippen LogP contribution in [0.2, 0.25) is 0 Å². The van der Waals surface area contributed by atoms with Crippen LogP contribution in [0.25, 0.3) is 0 Å². The number of aryl methyl sites for hydroxylation is 1. The highest BCUT2D eigenvalue weighted by molar-refractivity contribution is 7.90. The predicted molar refractivity (Wildman–Crippen MR) is 88.2 cm³/mol. The molecule has 1 heterocycles. The molecular weight excluding hydrogens is 338 g/mol.